The number of halogens is 2. The quantitative estimate of drug-likeness (QED) is 0.824. The Morgan fingerprint density at radius 2 is 2.12 bits per heavy atom. The van der Waals surface area contributed by atoms with E-state index in [1.165, 1.54) is 37.5 Å². The highest BCUT2D eigenvalue weighted by molar-refractivity contribution is 5.22. The molecule has 1 fully saturated rings. The molecular formula is C14H19F2N. The third kappa shape index (κ3) is 3.03. The molecule has 17 heavy (non-hydrogen) atoms. The van der Waals surface area contributed by atoms with Gasteiger partial charge in [0.2, 0.25) is 0 Å². The highest BCUT2D eigenvalue weighted by atomic mass is 19.1. The second kappa shape index (κ2) is 5.58. The fourth-order valence-corrected chi connectivity index (χ4v) is 2.41. The summed E-state index contributed by atoms with van der Waals surface area (Å²) in [4.78, 5) is 0. The third-order valence-electron chi connectivity index (χ3n) is 3.58. The Bertz CT molecular complexity index is 374. The van der Waals surface area contributed by atoms with Gasteiger partial charge in [0.05, 0.1) is 0 Å². The first-order valence-corrected chi connectivity index (χ1v) is 6.39. The van der Waals surface area contributed by atoms with Gasteiger partial charge in [-0.15, -0.1) is 0 Å². The van der Waals surface area contributed by atoms with Gasteiger partial charge in [0.1, 0.15) is 11.6 Å². The van der Waals surface area contributed by atoms with Gasteiger partial charge >= 0.3 is 0 Å². The lowest BCUT2D eigenvalue weighted by atomic mass is 9.79. The van der Waals surface area contributed by atoms with Crippen LogP contribution in [0.3, 0.4) is 0 Å². The first-order valence-electron chi connectivity index (χ1n) is 6.39. The summed E-state index contributed by atoms with van der Waals surface area (Å²) in [7, 11) is 0. The van der Waals surface area contributed by atoms with Crippen molar-refractivity contribution in [3.05, 3.63) is 35.4 Å². The lowest BCUT2D eigenvalue weighted by Crippen LogP contribution is -2.26. The van der Waals surface area contributed by atoms with Crippen molar-refractivity contribution < 1.29 is 8.78 Å². The summed E-state index contributed by atoms with van der Waals surface area (Å²) in [6, 6.07) is 3.66. The Balaban J connectivity index is 2.14. The fraction of sp³-hybridized carbons (Fsp3) is 0.571. The Morgan fingerprint density at radius 1 is 1.35 bits per heavy atom. The first-order chi connectivity index (χ1) is 8.20. The van der Waals surface area contributed by atoms with Crippen LogP contribution in [-0.2, 0) is 0 Å². The summed E-state index contributed by atoms with van der Waals surface area (Å²) in [5.41, 5.74) is 0.471. The number of benzene rings is 1. The number of hydrogen-bond donors (Lipinski definition) is 1. The highest BCUT2D eigenvalue weighted by Crippen LogP contribution is 2.35. The van der Waals surface area contributed by atoms with Crippen LogP contribution in [-0.4, -0.2) is 6.54 Å². The predicted molar refractivity (Wildman–Crippen MR) is 64.7 cm³/mol. The Kier molecular flexibility index (Phi) is 4.11. The largest absolute Gasteiger partial charge is 0.310 e. The molecule has 1 nitrogen and oxygen atoms in total. The molecule has 0 aliphatic heterocycles. The van der Waals surface area contributed by atoms with E-state index in [-0.39, 0.29) is 17.7 Å². The number of nitrogens with one attached hydrogen (secondary N) is 1. The molecular weight excluding hydrogens is 220 g/mol. The Labute approximate surface area is 101 Å². The normalized spacial score (nSPS) is 17.8. The molecule has 0 saturated heterocycles. The zero-order valence-corrected chi connectivity index (χ0v) is 10.2. The number of hydrogen-bond acceptors (Lipinski definition) is 1. The fourth-order valence-electron chi connectivity index (χ4n) is 2.41. The van der Waals surface area contributed by atoms with Gasteiger partial charge in [-0.25, -0.2) is 8.78 Å². The van der Waals surface area contributed by atoms with Crippen molar-refractivity contribution in [1.29, 1.82) is 0 Å². The number of rotatable bonds is 5. The minimum absolute atomic E-state index is 0.0546. The topological polar surface area (TPSA) is 12.0 Å². The van der Waals surface area contributed by atoms with Gasteiger partial charge in [-0.2, -0.15) is 0 Å². The molecule has 0 bridgehead atoms. The van der Waals surface area contributed by atoms with Crippen molar-refractivity contribution in [2.75, 3.05) is 6.54 Å². The predicted octanol–water partition coefficient (Wildman–Crippen LogP) is 3.81. The van der Waals surface area contributed by atoms with Crippen LogP contribution in [0.5, 0.6) is 0 Å². The maximum atomic E-state index is 13.7. The standard InChI is InChI=1S/C14H19F2N/c1-2-17-14(8-10-4-3-5-10)12-9-11(15)6-7-13(12)16/h6-7,9-10,14,17H,2-5,8H2,1H3. The molecule has 0 amide bonds. The second-order valence-corrected chi connectivity index (χ2v) is 4.81. The van der Waals surface area contributed by atoms with E-state index in [9.17, 15) is 8.78 Å². The van der Waals surface area contributed by atoms with Crippen molar-refractivity contribution in [3.63, 3.8) is 0 Å². The monoisotopic (exact) mass is 239 g/mol. The molecule has 1 aliphatic rings. The molecule has 94 valence electrons. The van der Waals surface area contributed by atoms with E-state index < -0.39 is 0 Å². The second-order valence-electron chi connectivity index (χ2n) is 4.81. The van der Waals surface area contributed by atoms with Crippen LogP contribution in [0.4, 0.5) is 8.78 Å². The van der Waals surface area contributed by atoms with E-state index in [4.69, 9.17) is 0 Å². The van der Waals surface area contributed by atoms with Gasteiger partial charge in [-0.05, 0) is 37.1 Å². The van der Waals surface area contributed by atoms with Gasteiger partial charge in [-0.1, -0.05) is 26.2 Å². The van der Waals surface area contributed by atoms with Crippen molar-refractivity contribution in [3.8, 4) is 0 Å². The molecule has 0 radical (unpaired) electrons. The zero-order valence-electron chi connectivity index (χ0n) is 10.2. The van der Waals surface area contributed by atoms with Gasteiger partial charge in [0.15, 0.2) is 0 Å². The summed E-state index contributed by atoms with van der Waals surface area (Å²) in [5.74, 6) is -0.00342. The van der Waals surface area contributed by atoms with Crippen LogP contribution in [0.2, 0.25) is 0 Å². The summed E-state index contributed by atoms with van der Waals surface area (Å²) in [6.07, 6.45) is 4.63. The average Bonchev–Trinajstić information content (AvgIpc) is 2.25. The van der Waals surface area contributed by atoms with Crippen LogP contribution >= 0.6 is 0 Å². The molecule has 0 heterocycles. The molecule has 1 aromatic carbocycles. The minimum Gasteiger partial charge on any atom is -0.310 e. The molecule has 3 heteroatoms. The zero-order chi connectivity index (χ0) is 12.3. The summed E-state index contributed by atoms with van der Waals surface area (Å²) in [5, 5.41) is 3.26. The molecule has 1 N–H and O–H groups in total. The van der Waals surface area contributed by atoms with Crippen molar-refractivity contribution in [1.82, 2.24) is 5.32 Å². The van der Waals surface area contributed by atoms with Crippen LogP contribution in [0, 0.1) is 17.6 Å². The lowest BCUT2D eigenvalue weighted by Gasteiger charge is -2.30. The van der Waals surface area contributed by atoms with Crippen LogP contribution in [0.1, 0.15) is 44.2 Å². The molecule has 1 unspecified atom stereocenters. The summed E-state index contributed by atoms with van der Waals surface area (Å²) >= 11 is 0. The van der Waals surface area contributed by atoms with Crippen LogP contribution in [0.25, 0.3) is 0 Å². The molecule has 0 aromatic heterocycles. The van der Waals surface area contributed by atoms with Gasteiger partial charge in [-0.3, -0.25) is 0 Å². The van der Waals surface area contributed by atoms with Crippen molar-refractivity contribution in [2.45, 2.75) is 38.6 Å². The van der Waals surface area contributed by atoms with E-state index in [0.717, 1.165) is 13.0 Å². The van der Waals surface area contributed by atoms with E-state index >= 15 is 0 Å². The SMILES string of the molecule is CCNC(CC1CCC1)c1cc(F)ccc1F. The molecule has 1 aliphatic carbocycles. The smallest absolute Gasteiger partial charge is 0.128 e. The van der Waals surface area contributed by atoms with Crippen LogP contribution in [0.15, 0.2) is 18.2 Å². The van der Waals surface area contributed by atoms with Crippen molar-refractivity contribution >= 4 is 0 Å². The molecule has 1 aromatic rings. The maximum Gasteiger partial charge on any atom is 0.128 e. The lowest BCUT2D eigenvalue weighted by molar-refractivity contribution is 0.260. The van der Waals surface area contributed by atoms with Gasteiger partial charge in [0.25, 0.3) is 0 Å². The van der Waals surface area contributed by atoms with E-state index in [2.05, 4.69) is 5.32 Å². The van der Waals surface area contributed by atoms with E-state index in [0.29, 0.717) is 11.5 Å². The highest BCUT2D eigenvalue weighted by Gasteiger charge is 2.24. The third-order valence-corrected chi connectivity index (χ3v) is 3.58. The van der Waals surface area contributed by atoms with Gasteiger partial charge in [0, 0.05) is 11.6 Å². The molecule has 2 rings (SSSR count). The van der Waals surface area contributed by atoms with Crippen LogP contribution < -0.4 is 5.32 Å². The summed E-state index contributed by atoms with van der Waals surface area (Å²) < 4.78 is 26.9. The first kappa shape index (κ1) is 12.5. The Morgan fingerprint density at radius 3 is 2.71 bits per heavy atom. The molecule has 0 spiro atoms. The van der Waals surface area contributed by atoms with Gasteiger partial charge < -0.3 is 5.32 Å². The van der Waals surface area contributed by atoms with E-state index in [1.807, 2.05) is 6.92 Å². The molecule has 1 atom stereocenters. The van der Waals surface area contributed by atoms with Crippen molar-refractivity contribution in [2.24, 2.45) is 5.92 Å². The minimum atomic E-state index is -0.363. The molecule has 1 saturated carbocycles. The summed E-state index contributed by atoms with van der Waals surface area (Å²) in [6.45, 7) is 2.76. The maximum absolute atomic E-state index is 13.7. The Hall–Kier alpha value is -0.960. The van der Waals surface area contributed by atoms with E-state index in [1.54, 1.807) is 0 Å². The average molecular weight is 239 g/mol.